The summed E-state index contributed by atoms with van der Waals surface area (Å²) in [6.45, 7) is 0.144. The van der Waals surface area contributed by atoms with E-state index in [0.29, 0.717) is 6.42 Å². The van der Waals surface area contributed by atoms with Crippen LogP contribution < -0.4 is 0 Å². The third kappa shape index (κ3) is 3.68. The van der Waals surface area contributed by atoms with E-state index in [1.807, 2.05) is 30.3 Å². The summed E-state index contributed by atoms with van der Waals surface area (Å²) < 4.78 is 9.32. The molecular weight excluding hydrogens is 274 g/mol. The average Bonchev–Trinajstić information content (AvgIpc) is 2.86. The first-order valence-electron chi connectivity index (χ1n) is 6.41. The number of hydrogen-bond donors (Lipinski definition) is 0. The Morgan fingerprint density at radius 1 is 1.33 bits per heavy atom. The lowest BCUT2D eigenvalue weighted by atomic mass is 10.1. The van der Waals surface area contributed by atoms with E-state index in [1.54, 1.807) is 0 Å². The predicted octanol–water partition coefficient (Wildman–Crippen LogP) is 1.31. The Labute approximate surface area is 121 Å². The highest BCUT2D eigenvalue weighted by atomic mass is 16.6. The molecule has 1 saturated heterocycles. The van der Waals surface area contributed by atoms with E-state index in [-0.39, 0.29) is 12.6 Å². The van der Waals surface area contributed by atoms with Crippen LogP contribution in [0.3, 0.4) is 0 Å². The number of nitrogens with zero attached hydrogens (tertiary/aromatic N) is 1. The van der Waals surface area contributed by atoms with Crippen molar-refractivity contribution in [2.75, 3.05) is 13.7 Å². The number of esters is 1. The molecule has 0 bridgehead atoms. The zero-order valence-corrected chi connectivity index (χ0v) is 11.5. The molecule has 21 heavy (non-hydrogen) atoms. The van der Waals surface area contributed by atoms with E-state index in [0.717, 1.165) is 22.6 Å². The molecule has 1 aliphatic rings. The summed E-state index contributed by atoms with van der Waals surface area (Å²) in [5.74, 6) is -1.25. The summed E-state index contributed by atoms with van der Waals surface area (Å²) in [5.41, 5.74) is 0.996. The molecule has 1 heterocycles. The third-order valence-electron chi connectivity index (χ3n) is 3.08. The van der Waals surface area contributed by atoms with Gasteiger partial charge in [-0.1, -0.05) is 30.3 Å². The maximum atomic E-state index is 12.0. The van der Waals surface area contributed by atoms with Gasteiger partial charge in [-0.05, 0) is 12.0 Å². The maximum Gasteiger partial charge on any atom is 0.417 e. The number of methoxy groups -OCH3 is 1. The highest BCUT2D eigenvalue weighted by molar-refractivity contribution is 6.02. The van der Waals surface area contributed by atoms with Crippen LogP contribution in [0.15, 0.2) is 42.5 Å². The first-order chi connectivity index (χ1) is 10.1. The first-order valence-corrected chi connectivity index (χ1v) is 6.41. The van der Waals surface area contributed by atoms with Crippen molar-refractivity contribution in [3.63, 3.8) is 0 Å². The topological polar surface area (TPSA) is 72.9 Å². The number of ether oxygens (including phenoxy) is 2. The number of imide groups is 1. The van der Waals surface area contributed by atoms with Crippen LogP contribution in [-0.2, 0) is 25.5 Å². The van der Waals surface area contributed by atoms with Crippen LogP contribution in [0.4, 0.5) is 4.79 Å². The van der Waals surface area contributed by atoms with Crippen LogP contribution in [0.5, 0.6) is 0 Å². The van der Waals surface area contributed by atoms with Crippen molar-refractivity contribution >= 4 is 18.0 Å². The summed E-state index contributed by atoms with van der Waals surface area (Å²) in [7, 11) is 1.21. The Morgan fingerprint density at radius 3 is 2.71 bits per heavy atom. The lowest BCUT2D eigenvalue weighted by Gasteiger charge is -2.17. The van der Waals surface area contributed by atoms with Crippen molar-refractivity contribution in [2.45, 2.75) is 12.5 Å². The van der Waals surface area contributed by atoms with Crippen LogP contribution in [0.1, 0.15) is 5.56 Å². The Bertz CT molecular complexity index is 567. The molecule has 110 valence electrons. The number of amides is 2. The van der Waals surface area contributed by atoms with E-state index < -0.39 is 18.0 Å². The lowest BCUT2D eigenvalue weighted by molar-refractivity contribution is -0.135. The molecule has 1 atom stereocenters. The van der Waals surface area contributed by atoms with Gasteiger partial charge in [0, 0.05) is 12.2 Å². The molecule has 6 heteroatoms. The van der Waals surface area contributed by atoms with E-state index in [2.05, 4.69) is 4.74 Å². The van der Waals surface area contributed by atoms with Crippen molar-refractivity contribution in [3.05, 3.63) is 48.0 Å². The minimum Gasteiger partial charge on any atom is -0.466 e. The molecule has 0 unspecified atom stereocenters. The molecule has 1 aromatic rings. The molecule has 1 aliphatic heterocycles. The number of rotatable bonds is 4. The summed E-state index contributed by atoms with van der Waals surface area (Å²) >= 11 is 0. The molecule has 1 aromatic carbocycles. The molecule has 0 aromatic heterocycles. The minimum absolute atomic E-state index is 0.144. The largest absolute Gasteiger partial charge is 0.466 e. The van der Waals surface area contributed by atoms with Crippen molar-refractivity contribution < 1.29 is 23.9 Å². The smallest absolute Gasteiger partial charge is 0.417 e. The SMILES string of the molecule is COC(=O)/C=C/C(=O)N1C(=O)OC[C@@H]1Cc1ccccc1. The summed E-state index contributed by atoms with van der Waals surface area (Å²) in [6.07, 6.45) is 1.80. The van der Waals surface area contributed by atoms with Gasteiger partial charge >= 0.3 is 12.1 Å². The number of hydrogen-bond acceptors (Lipinski definition) is 5. The quantitative estimate of drug-likeness (QED) is 0.617. The van der Waals surface area contributed by atoms with Gasteiger partial charge in [0.1, 0.15) is 6.61 Å². The van der Waals surface area contributed by atoms with Crippen LogP contribution in [0.2, 0.25) is 0 Å². The lowest BCUT2D eigenvalue weighted by Crippen LogP contribution is -2.39. The van der Waals surface area contributed by atoms with Gasteiger partial charge in [0.15, 0.2) is 0 Å². The minimum atomic E-state index is -0.699. The summed E-state index contributed by atoms with van der Waals surface area (Å²) in [6, 6.07) is 9.11. The summed E-state index contributed by atoms with van der Waals surface area (Å²) in [5, 5.41) is 0. The van der Waals surface area contributed by atoms with Crippen molar-refractivity contribution in [3.8, 4) is 0 Å². The summed E-state index contributed by atoms with van der Waals surface area (Å²) in [4.78, 5) is 35.7. The van der Waals surface area contributed by atoms with Crippen LogP contribution in [-0.4, -0.2) is 42.6 Å². The van der Waals surface area contributed by atoms with Crippen LogP contribution in [0, 0.1) is 0 Å². The molecule has 2 rings (SSSR count). The number of benzene rings is 1. The van der Waals surface area contributed by atoms with E-state index in [9.17, 15) is 14.4 Å². The number of carbonyl (C=O) groups excluding carboxylic acids is 3. The second-order valence-electron chi connectivity index (χ2n) is 4.49. The fourth-order valence-corrected chi connectivity index (χ4v) is 2.05. The standard InChI is InChI=1S/C15H15NO5/c1-20-14(18)8-7-13(17)16-12(10-21-15(16)19)9-11-5-3-2-4-6-11/h2-8,12H,9-10H2,1H3/b8-7+/t12-/m0/s1. The van der Waals surface area contributed by atoms with Crippen molar-refractivity contribution in [1.29, 1.82) is 0 Å². The molecule has 6 nitrogen and oxygen atoms in total. The Morgan fingerprint density at radius 2 is 2.05 bits per heavy atom. The van der Waals surface area contributed by atoms with Gasteiger partial charge in [0.2, 0.25) is 0 Å². The molecule has 0 spiro atoms. The Kier molecular flexibility index (Phi) is 4.71. The number of carbonyl (C=O) groups is 3. The fourth-order valence-electron chi connectivity index (χ4n) is 2.05. The Hall–Kier alpha value is -2.63. The maximum absolute atomic E-state index is 12.0. The highest BCUT2D eigenvalue weighted by Crippen LogP contribution is 2.17. The van der Waals surface area contributed by atoms with Crippen LogP contribution in [0.25, 0.3) is 0 Å². The number of cyclic esters (lactones) is 1. The van der Waals surface area contributed by atoms with E-state index >= 15 is 0 Å². The molecule has 0 radical (unpaired) electrons. The van der Waals surface area contributed by atoms with E-state index in [4.69, 9.17) is 4.74 Å². The third-order valence-corrected chi connectivity index (χ3v) is 3.08. The molecule has 1 fully saturated rings. The van der Waals surface area contributed by atoms with Crippen LogP contribution >= 0.6 is 0 Å². The zero-order valence-electron chi connectivity index (χ0n) is 11.5. The first kappa shape index (κ1) is 14.8. The second kappa shape index (κ2) is 6.69. The monoisotopic (exact) mass is 289 g/mol. The average molecular weight is 289 g/mol. The van der Waals surface area contributed by atoms with Gasteiger partial charge in [0.05, 0.1) is 13.2 Å². The molecule has 0 N–H and O–H groups in total. The van der Waals surface area contributed by atoms with Gasteiger partial charge in [-0.15, -0.1) is 0 Å². The van der Waals surface area contributed by atoms with Crippen molar-refractivity contribution in [2.24, 2.45) is 0 Å². The van der Waals surface area contributed by atoms with E-state index in [1.165, 1.54) is 7.11 Å². The van der Waals surface area contributed by atoms with Gasteiger partial charge in [-0.3, -0.25) is 4.79 Å². The molecule has 0 aliphatic carbocycles. The second-order valence-corrected chi connectivity index (χ2v) is 4.49. The highest BCUT2D eigenvalue weighted by Gasteiger charge is 2.36. The Balaban J connectivity index is 2.08. The zero-order chi connectivity index (χ0) is 15.2. The van der Waals surface area contributed by atoms with Gasteiger partial charge in [-0.2, -0.15) is 0 Å². The van der Waals surface area contributed by atoms with Crippen molar-refractivity contribution in [1.82, 2.24) is 4.90 Å². The van der Waals surface area contributed by atoms with Gasteiger partial charge < -0.3 is 9.47 Å². The predicted molar refractivity (Wildman–Crippen MR) is 73.3 cm³/mol. The fraction of sp³-hybridized carbons (Fsp3) is 0.267. The molecule has 2 amide bonds. The van der Waals surface area contributed by atoms with Gasteiger partial charge in [-0.25, -0.2) is 14.5 Å². The normalized spacial score (nSPS) is 17.9. The van der Waals surface area contributed by atoms with Gasteiger partial charge in [0.25, 0.3) is 5.91 Å². The molecular formula is C15H15NO5. The molecule has 0 saturated carbocycles.